The van der Waals surface area contributed by atoms with E-state index >= 15 is 0 Å². The van der Waals surface area contributed by atoms with Gasteiger partial charge in [-0.05, 0) is 86.8 Å². The van der Waals surface area contributed by atoms with Crippen molar-refractivity contribution in [2.45, 2.75) is 18.8 Å². The fourth-order valence-corrected chi connectivity index (χ4v) is 4.51. The standard InChI is InChI=1S/C27H22/c1-2-10-20(11-3-1)18-24-19-23-16-8-9-17-25(23)27(22-14-6-7-15-22)26(24)21-12-4-5-13-21/h1-17,27H,18-19H2. The van der Waals surface area contributed by atoms with Gasteiger partial charge in [-0.3, -0.25) is 0 Å². The Hall–Kier alpha value is -1.82. The lowest BCUT2D eigenvalue weighted by Crippen LogP contribution is -2.24. The largest absolute Gasteiger partial charge is 0.0622 e. The first-order valence-corrected chi connectivity index (χ1v) is 9.67. The number of hydrogen-bond acceptors (Lipinski definition) is 0. The molecule has 10 radical (unpaired) electrons. The number of hydrogen-bond donors (Lipinski definition) is 0. The SMILES string of the molecule is [CH]1[CH][CH][C](C2=C(Cc3ccccc3)Cc3ccccc3C2[C]2[CH][CH][CH][CH]2)[CH]1. The van der Waals surface area contributed by atoms with Crippen molar-refractivity contribution >= 4 is 0 Å². The van der Waals surface area contributed by atoms with E-state index < -0.39 is 0 Å². The average molecular weight is 346 g/mol. The van der Waals surface area contributed by atoms with Crippen LogP contribution in [0.3, 0.4) is 0 Å². The number of allylic oxidation sites excluding steroid dienone is 2. The summed E-state index contributed by atoms with van der Waals surface area (Å²) >= 11 is 0. The van der Waals surface area contributed by atoms with Crippen LogP contribution in [0, 0.1) is 63.2 Å². The Balaban J connectivity index is 1.61. The van der Waals surface area contributed by atoms with E-state index in [0.29, 0.717) is 5.92 Å². The molecule has 1 unspecified atom stereocenters. The zero-order chi connectivity index (χ0) is 18.1. The second-order valence-corrected chi connectivity index (χ2v) is 7.38. The number of fused-ring (bicyclic) bond motifs is 1. The van der Waals surface area contributed by atoms with Crippen LogP contribution in [-0.2, 0) is 12.8 Å². The summed E-state index contributed by atoms with van der Waals surface area (Å²) in [4.78, 5) is 0. The van der Waals surface area contributed by atoms with E-state index in [1.54, 1.807) is 0 Å². The van der Waals surface area contributed by atoms with Gasteiger partial charge in [0.15, 0.2) is 0 Å². The molecular weight excluding hydrogens is 324 g/mol. The molecule has 5 rings (SSSR count). The van der Waals surface area contributed by atoms with Crippen molar-refractivity contribution in [1.29, 1.82) is 0 Å². The van der Waals surface area contributed by atoms with Crippen molar-refractivity contribution in [2.24, 2.45) is 0 Å². The molecular formula is C27H22. The lowest BCUT2D eigenvalue weighted by atomic mass is 9.66. The Morgan fingerprint density at radius 1 is 0.704 bits per heavy atom. The van der Waals surface area contributed by atoms with Crippen LogP contribution >= 0.6 is 0 Å². The minimum absolute atomic E-state index is 0.311. The van der Waals surface area contributed by atoms with Crippen LogP contribution in [0.5, 0.6) is 0 Å². The summed E-state index contributed by atoms with van der Waals surface area (Å²) < 4.78 is 0. The van der Waals surface area contributed by atoms with E-state index in [9.17, 15) is 0 Å². The number of rotatable bonds is 4. The van der Waals surface area contributed by atoms with Gasteiger partial charge < -0.3 is 0 Å². The van der Waals surface area contributed by atoms with E-state index in [0.717, 1.165) is 12.8 Å². The maximum absolute atomic E-state index is 2.31. The van der Waals surface area contributed by atoms with Gasteiger partial charge >= 0.3 is 0 Å². The maximum Gasteiger partial charge on any atom is 0.0128 e. The summed E-state index contributed by atoms with van der Waals surface area (Å²) in [7, 11) is 0. The molecule has 0 aromatic heterocycles. The highest BCUT2D eigenvalue weighted by atomic mass is 14.4. The molecule has 2 saturated carbocycles. The van der Waals surface area contributed by atoms with E-state index in [4.69, 9.17) is 0 Å². The third-order valence-corrected chi connectivity index (χ3v) is 5.70. The fourth-order valence-electron chi connectivity index (χ4n) is 4.51. The van der Waals surface area contributed by atoms with Crippen molar-refractivity contribution in [3.63, 3.8) is 0 Å². The first kappa shape index (κ1) is 17.3. The summed E-state index contributed by atoms with van der Waals surface area (Å²) in [6.07, 6.45) is 19.8. The van der Waals surface area contributed by atoms with Crippen LogP contribution < -0.4 is 0 Å². The molecule has 2 aromatic carbocycles. The maximum atomic E-state index is 2.31. The van der Waals surface area contributed by atoms with E-state index in [2.05, 4.69) is 106 Å². The lowest BCUT2D eigenvalue weighted by molar-refractivity contribution is 0.766. The van der Waals surface area contributed by atoms with Crippen LogP contribution in [0.25, 0.3) is 0 Å². The summed E-state index contributed by atoms with van der Waals surface area (Å²) in [5.74, 6) is 3.07. The molecule has 3 aliphatic carbocycles. The molecule has 0 amide bonds. The van der Waals surface area contributed by atoms with Crippen LogP contribution in [0.4, 0.5) is 0 Å². The third kappa shape index (κ3) is 3.40. The molecule has 27 heavy (non-hydrogen) atoms. The predicted octanol–water partition coefficient (Wildman–Crippen LogP) is 5.68. The molecule has 0 nitrogen and oxygen atoms in total. The number of benzene rings is 2. The second-order valence-electron chi connectivity index (χ2n) is 7.38. The van der Waals surface area contributed by atoms with Gasteiger partial charge in [0, 0.05) is 11.8 Å². The van der Waals surface area contributed by atoms with Crippen molar-refractivity contribution in [3.05, 3.63) is 146 Å². The first-order valence-electron chi connectivity index (χ1n) is 9.67. The van der Waals surface area contributed by atoms with Crippen molar-refractivity contribution in [3.8, 4) is 0 Å². The fraction of sp³-hybridized carbons (Fsp3) is 0.111. The van der Waals surface area contributed by atoms with Gasteiger partial charge in [0.05, 0.1) is 0 Å². The smallest absolute Gasteiger partial charge is 0.0128 e. The Bertz CT molecular complexity index is 801. The Morgan fingerprint density at radius 3 is 2.15 bits per heavy atom. The van der Waals surface area contributed by atoms with Gasteiger partial charge in [-0.25, -0.2) is 0 Å². The molecule has 3 aliphatic rings. The van der Waals surface area contributed by atoms with Gasteiger partial charge in [0.25, 0.3) is 0 Å². The van der Waals surface area contributed by atoms with Crippen molar-refractivity contribution in [2.75, 3.05) is 0 Å². The van der Waals surface area contributed by atoms with Crippen LogP contribution in [0.2, 0.25) is 0 Å². The highest BCUT2D eigenvalue weighted by Gasteiger charge is 2.39. The minimum Gasteiger partial charge on any atom is -0.0622 e. The summed E-state index contributed by atoms with van der Waals surface area (Å²) in [5.41, 5.74) is 7.34. The van der Waals surface area contributed by atoms with Crippen molar-refractivity contribution < 1.29 is 0 Å². The van der Waals surface area contributed by atoms with E-state index in [1.807, 2.05) is 0 Å². The molecule has 0 aliphatic heterocycles. The second kappa shape index (κ2) is 7.66. The third-order valence-electron chi connectivity index (χ3n) is 5.70. The van der Waals surface area contributed by atoms with Crippen LogP contribution in [-0.4, -0.2) is 0 Å². The summed E-state index contributed by atoms with van der Waals surface area (Å²) in [5, 5.41) is 0. The molecule has 0 heterocycles. The average Bonchev–Trinajstić information content (AvgIpc) is 3.42. The Kier molecular flexibility index (Phi) is 4.91. The molecule has 0 bridgehead atoms. The Morgan fingerprint density at radius 2 is 1.37 bits per heavy atom. The first-order chi connectivity index (χ1) is 13.4. The molecule has 2 aromatic rings. The van der Waals surface area contributed by atoms with Crippen LogP contribution in [0.1, 0.15) is 22.6 Å². The molecule has 0 N–H and O–H groups in total. The monoisotopic (exact) mass is 346 g/mol. The van der Waals surface area contributed by atoms with Gasteiger partial charge in [0.2, 0.25) is 0 Å². The summed E-state index contributed by atoms with van der Waals surface area (Å²) in [6.45, 7) is 0. The van der Waals surface area contributed by atoms with E-state index in [-0.39, 0.29) is 0 Å². The zero-order valence-electron chi connectivity index (χ0n) is 15.3. The normalized spacial score (nSPS) is 23.8. The molecule has 2 fully saturated rings. The summed E-state index contributed by atoms with van der Waals surface area (Å²) in [6, 6.07) is 19.8. The quantitative estimate of drug-likeness (QED) is 0.668. The molecule has 0 spiro atoms. The molecule has 0 saturated heterocycles. The lowest BCUT2D eigenvalue weighted by Gasteiger charge is -2.37. The molecule has 1 atom stereocenters. The highest BCUT2D eigenvalue weighted by molar-refractivity contribution is 5.63. The van der Waals surface area contributed by atoms with Crippen LogP contribution in [0.15, 0.2) is 65.7 Å². The van der Waals surface area contributed by atoms with Gasteiger partial charge in [-0.15, -0.1) is 0 Å². The Labute approximate surface area is 164 Å². The molecule has 130 valence electrons. The predicted molar refractivity (Wildman–Crippen MR) is 111 cm³/mol. The van der Waals surface area contributed by atoms with Crippen molar-refractivity contribution in [1.82, 2.24) is 0 Å². The zero-order valence-corrected chi connectivity index (χ0v) is 15.3. The minimum atomic E-state index is 0.311. The van der Waals surface area contributed by atoms with Gasteiger partial charge in [-0.2, -0.15) is 0 Å². The van der Waals surface area contributed by atoms with E-state index in [1.165, 1.54) is 39.7 Å². The highest BCUT2D eigenvalue weighted by Crippen LogP contribution is 2.52. The van der Waals surface area contributed by atoms with Gasteiger partial charge in [-0.1, -0.05) is 65.7 Å². The van der Waals surface area contributed by atoms with Gasteiger partial charge in [0.1, 0.15) is 0 Å². The molecule has 0 heteroatoms. The topological polar surface area (TPSA) is 0 Å².